The lowest BCUT2D eigenvalue weighted by atomic mass is 10.1. The van der Waals surface area contributed by atoms with Crippen molar-refractivity contribution in [2.75, 3.05) is 7.05 Å². The zero-order valence-corrected chi connectivity index (χ0v) is 14.0. The lowest BCUT2D eigenvalue weighted by Gasteiger charge is -2.26. The summed E-state index contributed by atoms with van der Waals surface area (Å²) in [7, 11) is 1.70. The van der Waals surface area contributed by atoms with Crippen LogP contribution in [-0.4, -0.2) is 23.0 Å². The van der Waals surface area contributed by atoms with Crippen molar-refractivity contribution in [1.82, 2.24) is 4.90 Å². The molecule has 2 rings (SSSR count). The first-order valence-electron chi connectivity index (χ1n) is 6.41. The fourth-order valence-electron chi connectivity index (χ4n) is 2.04. The predicted molar refractivity (Wildman–Crippen MR) is 87.8 cm³/mol. The Morgan fingerprint density at radius 1 is 1.29 bits per heavy atom. The summed E-state index contributed by atoms with van der Waals surface area (Å²) in [5.41, 5.74) is 1.21. The number of halogens is 2. The molecule has 110 valence electrons. The van der Waals surface area contributed by atoms with Crippen LogP contribution in [-0.2, 0) is 0 Å². The van der Waals surface area contributed by atoms with Crippen molar-refractivity contribution in [3.8, 4) is 5.75 Å². The number of amides is 1. The molecule has 3 nitrogen and oxygen atoms in total. The summed E-state index contributed by atoms with van der Waals surface area (Å²) in [4.78, 5) is 14.1. The molecule has 2 aromatic rings. The van der Waals surface area contributed by atoms with Gasteiger partial charge in [0.05, 0.1) is 11.6 Å². The molecule has 2 aromatic carbocycles. The maximum Gasteiger partial charge on any atom is 0.257 e. The van der Waals surface area contributed by atoms with E-state index in [0.29, 0.717) is 5.02 Å². The molecule has 1 N–H and O–H groups in total. The number of nitrogens with zero attached hydrogens (tertiary/aromatic N) is 1. The lowest BCUT2D eigenvalue weighted by Crippen LogP contribution is -2.29. The summed E-state index contributed by atoms with van der Waals surface area (Å²) in [5.74, 6) is -0.285. The minimum absolute atomic E-state index is 0.0421. The number of phenols is 1. The second-order valence-corrected chi connectivity index (χ2v) is 6.16. The Morgan fingerprint density at radius 2 is 2.00 bits per heavy atom. The average molecular weight is 369 g/mol. The van der Waals surface area contributed by atoms with E-state index in [9.17, 15) is 9.90 Å². The zero-order chi connectivity index (χ0) is 15.6. The Hall–Kier alpha value is -1.52. The Labute approximate surface area is 137 Å². The second kappa shape index (κ2) is 6.50. The Balaban J connectivity index is 2.26. The number of carbonyl (C=O) groups is 1. The third-order valence-corrected chi connectivity index (χ3v) is 4.15. The minimum Gasteiger partial charge on any atom is -0.507 e. The summed E-state index contributed by atoms with van der Waals surface area (Å²) in [6.45, 7) is 1.92. The lowest BCUT2D eigenvalue weighted by molar-refractivity contribution is 0.0739. The number of benzene rings is 2. The summed E-state index contributed by atoms with van der Waals surface area (Å²) in [5, 5.41) is 10.5. The van der Waals surface area contributed by atoms with Crippen LogP contribution < -0.4 is 0 Å². The number of aromatic hydroxyl groups is 1. The van der Waals surface area contributed by atoms with E-state index in [1.165, 1.54) is 6.07 Å². The van der Waals surface area contributed by atoms with E-state index < -0.39 is 0 Å². The normalized spacial score (nSPS) is 12.0. The molecule has 5 heteroatoms. The van der Waals surface area contributed by atoms with Gasteiger partial charge in [0.25, 0.3) is 5.91 Å². The summed E-state index contributed by atoms with van der Waals surface area (Å²) in [6.07, 6.45) is 0. The van der Waals surface area contributed by atoms with Crippen molar-refractivity contribution in [3.05, 3.63) is 63.1 Å². The second-order valence-electron chi connectivity index (χ2n) is 4.81. The van der Waals surface area contributed by atoms with Crippen LogP contribution in [0.4, 0.5) is 0 Å². The highest BCUT2D eigenvalue weighted by Crippen LogP contribution is 2.27. The van der Waals surface area contributed by atoms with E-state index in [4.69, 9.17) is 11.6 Å². The van der Waals surface area contributed by atoms with Gasteiger partial charge in [-0.2, -0.15) is 0 Å². The Kier molecular flexibility index (Phi) is 4.91. The van der Waals surface area contributed by atoms with Crippen molar-refractivity contribution >= 4 is 33.4 Å². The van der Waals surface area contributed by atoms with Crippen LogP contribution in [0.3, 0.4) is 0 Å². The van der Waals surface area contributed by atoms with Crippen LogP contribution in [0.25, 0.3) is 0 Å². The van der Waals surface area contributed by atoms with E-state index in [1.807, 2.05) is 25.1 Å². The monoisotopic (exact) mass is 367 g/mol. The standard InChI is InChI=1S/C16H15BrClNO2/c1-10(11-4-3-5-13(18)8-11)19(2)16(21)14-7-6-12(17)9-15(14)20/h3-10,20H,1-2H3. The first-order valence-corrected chi connectivity index (χ1v) is 7.58. The van der Waals surface area contributed by atoms with E-state index >= 15 is 0 Å². The van der Waals surface area contributed by atoms with Gasteiger partial charge in [0.1, 0.15) is 5.75 Å². The number of rotatable bonds is 3. The molecular weight excluding hydrogens is 354 g/mol. The maximum absolute atomic E-state index is 12.5. The quantitative estimate of drug-likeness (QED) is 0.857. The van der Waals surface area contributed by atoms with Crippen LogP contribution in [0.15, 0.2) is 46.9 Å². The number of hydrogen-bond donors (Lipinski definition) is 1. The van der Waals surface area contributed by atoms with Gasteiger partial charge in [-0.3, -0.25) is 4.79 Å². The van der Waals surface area contributed by atoms with Crippen LogP contribution in [0.5, 0.6) is 5.75 Å². The van der Waals surface area contributed by atoms with Crippen LogP contribution >= 0.6 is 27.5 Å². The molecule has 0 aliphatic carbocycles. The third-order valence-electron chi connectivity index (χ3n) is 3.42. The fraction of sp³-hybridized carbons (Fsp3) is 0.188. The molecule has 21 heavy (non-hydrogen) atoms. The SMILES string of the molecule is CC(c1cccc(Cl)c1)N(C)C(=O)c1ccc(Br)cc1O. The molecule has 0 saturated heterocycles. The van der Waals surface area contributed by atoms with E-state index in [2.05, 4.69) is 15.9 Å². The molecule has 1 amide bonds. The third kappa shape index (κ3) is 3.57. The highest BCUT2D eigenvalue weighted by Gasteiger charge is 2.21. The molecule has 0 aromatic heterocycles. The Morgan fingerprint density at radius 3 is 2.62 bits per heavy atom. The van der Waals surface area contributed by atoms with Gasteiger partial charge in [-0.25, -0.2) is 0 Å². The van der Waals surface area contributed by atoms with Gasteiger partial charge in [-0.15, -0.1) is 0 Å². The van der Waals surface area contributed by atoms with Crippen molar-refractivity contribution in [2.45, 2.75) is 13.0 Å². The predicted octanol–water partition coefficient (Wildman–Crippen LogP) is 4.64. The van der Waals surface area contributed by atoms with Gasteiger partial charge in [-0.1, -0.05) is 39.7 Å². The zero-order valence-electron chi connectivity index (χ0n) is 11.7. The smallest absolute Gasteiger partial charge is 0.257 e. The fourth-order valence-corrected chi connectivity index (χ4v) is 2.59. The van der Waals surface area contributed by atoms with Crippen molar-refractivity contribution in [2.24, 2.45) is 0 Å². The molecule has 0 fully saturated rings. The van der Waals surface area contributed by atoms with Gasteiger partial charge < -0.3 is 10.0 Å². The van der Waals surface area contributed by atoms with E-state index in [-0.39, 0.29) is 23.3 Å². The number of phenolic OH excluding ortho intramolecular Hbond substituents is 1. The average Bonchev–Trinajstić information content (AvgIpc) is 2.45. The largest absolute Gasteiger partial charge is 0.507 e. The molecule has 0 bridgehead atoms. The van der Waals surface area contributed by atoms with Crippen molar-refractivity contribution in [3.63, 3.8) is 0 Å². The van der Waals surface area contributed by atoms with Gasteiger partial charge >= 0.3 is 0 Å². The van der Waals surface area contributed by atoms with Crippen LogP contribution in [0, 0.1) is 0 Å². The molecule has 0 aliphatic heterocycles. The topological polar surface area (TPSA) is 40.5 Å². The van der Waals surface area contributed by atoms with Gasteiger partial charge in [0, 0.05) is 16.5 Å². The summed E-state index contributed by atoms with van der Waals surface area (Å²) >= 11 is 9.24. The molecular formula is C16H15BrClNO2. The molecule has 0 heterocycles. The van der Waals surface area contributed by atoms with Gasteiger partial charge in [-0.05, 0) is 42.8 Å². The van der Waals surface area contributed by atoms with Crippen molar-refractivity contribution < 1.29 is 9.90 Å². The van der Waals surface area contributed by atoms with Crippen LogP contribution in [0.1, 0.15) is 28.9 Å². The molecule has 1 unspecified atom stereocenters. The molecule has 0 radical (unpaired) electrons. The van der Waals surface area contributed by atoms with E-state index in [1.54, 1.807) is 30.1 Å². The maximum atomic E-state index is 12.5. The molecule has 0 spiro atoms. The summed E-state index contributed by atoms with van der Waals surface area (Å²) < 4.78 is 0.724. The van der Waals surface area contributed by atoms with Crippen LogP contribution in [0.2, 0.25) is 5.02 Å². The molecule has 0 aliphatic rings. The Bertz CT molecular complexity index is 675. The first-order chi connectivity index (χ1) is 9.90. The first kappa shape index (κ1) is 15.9. The molecule has 1 atom stereocenters. The van der Waals surface area contributed by atoms with Gasteiger partial charge in [0.15, 0.2) is 0 Å². The summed E-state index contributed by atoms with van der Waals surface area (Å²) in [6, 6.07) is 12.1. The number of hydrogen-bond acceptors (Lipinski definition) is 2. The van der Waals surface area contributed by atoms with Gasteiger partial charge in [0.2, 0.25) is 0 Å². The highest BCUT2D eigenvalue weighted by molar-refractivity contribution is 9.10. The van der Waals surface area contributed by atoms with E-state index in [0.717, 1.165) is 10.0 Å². The number of carbonyl (C=O) groups excluding carboxylic acids is 1. The highest BCUT2D eigenvalue weighted by atomic mass is 79.9. The molecule has 0 saturated carbocycles. The minimum atomic E-state index is -0.243. The van der Waals surface area contributed by atoms with Crippen molar-refractivity contribution in [1.29, 1.82) is 0 Å².